The quantitative estimate of drug-likeness (QED) is 0.808. The minimum absolute atomic E-state index is 0.0747. The molecule has 0 radical (unpaired) electrons. The molecule has 1 aromatic carbocycles. The molecule has 0 saturated heterocycles. The van der Waals surface area contributed by atoms with Gasteiger partial charge in [0.05, 0.1) is 0 Å². The number of carbonyl (C=O) groups is 1. The van der Waals surface area contributed by atoms with Crippen LogP contribution in [0.5, 0.6) is 0 Å². The van der Waals surface area contributed by atoms with Crippen molar-refractivity contribution in [2.45, 2.75) is 12.8 Å². The van der Waals surface area contributed by atoms with Crippen molar-refractivity contribution >= 4 is 27.5 Å². The Kier molecular flexibility index (Phi) is 4.54. The normalized spacial score (nSPS) is 9.62. The molecular formula is C10H12BrNO. The molecule has 0 aromatic heterocycles. The van der Waals surface area contributed by atoms with Gasteiger partial charge < -0.3 is 5.32 Å². The monoisotopic (exact) mass is 241 g/mol. The Labute approximate surface area is 86.5 Å². The number of alkyl halides is 1. The second kappa shape index (κ2) is 5.75. The molecule has 70 valence electrons. The van der Waals surface area contributed by atoms with Gasteiger partial charge in [0.15, 0.2) is 0 Å². The van der Waals surface area contributed by atoms with Crippen molar-refractivity contribution in [2.75, 3.05) is 10.6 Å². The van der Waals surface area contributed by atoms with Gasteiger partial charge in [-0.1, -0.05) is 34.1 Å². The Morgan fingerprint density at radius 1 is 1.31 bits per heavy atom. The van der Waals surface area contributed by atoms with Crippen LogP contribution in [0.25, 0.3) is 0 Å². The molecule has 0 saturated carbocycles. The fraction of sp³-hybridized carbons (Fsp3) is 0.300. The topological polar surface area (TPSA) is 29.1 Å². The Bertz CT molecular complexity index is 261. The van der Waals surface area contributed by atoms with E-state index in [-0.39, 0.29) is 5.91 Å². The minimum Gasteiger partial charge on any atom is -0.326 e. The van der Waals surface area contributed by atoms with Crippen LogP contribution in [0.1, 0.15) is 12.8 Å². The van der Waals surface area contributed by atoms with Crippen LogP contribution in [0, 0.1) is 0 Å². The molecule has 3 heteroatoms. The lowest BCUT2D eigenvalue weighted by Crippen LogP contribution is -2.10. The highest BCUT2D eigenvalue weighted by atomic mass is 79.9. The maximum atomic E-state index is 11.2. The molecular weight excluding hydrogens is 230 g/mol. The molecule has 1 amide bonds. The van der Waals surface area contributed by atoms with Crippen LogP contribution in [0.4, 0.5) is 5.69 Å². The predicted octanol–water partition coefficient (Wildman–Crippen LogP) is 2.80. The standard InChI is InChI=1S/C10H12BrNO/c11-8-4-7-10(13)12-9-5-2-1-3-6-9/h1-3,5-6H,4,7-8H2,(H,12,13). The van der Waals surface area contributed by atoms with Gasteiger partial charge in [-0.2, -0.15) is 0 Å². The zero-order valence-electron chi connectivity index (χ0n) is 7.29. The van der Waals surface area contributed by atoms with E-state index in [1.165, 1.54) is 0 Å². The average molecular weight is 242 g/mol. The second-order valence-electron chi connectivity index (χ2n) is 2.71. The molecule has 0 fully saturated rings. The maximum absolute atomic E-state index is 11.2. The molecule has 0 unspecified atom stereocenters. The minimum atomic E-state index is 0.0747. The van der Waals surface area contributed by atoms with Gasteiger partial charge in [0, 0.05) is 17.4 Å². The molecule has 1 aromatic rings. The molecule has 1 N–H and O–H groups in total. The van der Waals surface area contributed by atoms with E-state index in [1.807, 2.05) is 30.3 Å². The molecule has 2 nitrogen and oxygen atoms in total. The summed E-state index contributed by atoms with van der Waals surface area (Å²) in [7, 11) is 0. The molecule has 0 aliphatic heterocycles. The lowest BCUT2D eigenvalue weighted by Gasteiger charge is -2.02. The summed E-state index contributed by atoms with van der Waals surface area (Å²) in [4.78, 5) is 11.2. The van der Waals surface area contributed by atoms with Crippen molar-refractivity contribution in [1.82, 2.24) is 0 Å². The summed E-state index contributed by atoms with van der Waals surface area (Å²) in [5.41, 5.74) is 0.863. The van der Waals surface area contributed by atoms with E-state index in [1.54, 1.807) is 0 Å². The van der Waals surface area contributed by atoms with Crippen molar-refractivity contribution in [1.29, 1.82) is 0 Å². The van der Waals surface area contributed by atoms with Crippen LogP contribution in [0.3, 0.4) is 0 Å². The number of anilines is 1. The van der Waals surface area contributed by atoms with Gasteiger partial charge in [-0.3, -0.25) is 4.79 Å². The van der Waals surface area contributed by atoms with E-state index >= 15 is 0 Å². The molecule has 0 bridgehead atoms. The Hall–Kier alpha value is -0.830. The largest absolute Gasteiger partial charge is 0.326 e. The summed E-state index contributed by atoms with van der Waals surface area (Å²) < 4.78 is 0. The van der Waals surface area contributed by atoms with E-state index in [2.05, 4.69) is 21.2 Å². The number of carbonyl (C=O) groups excluding carboxylic acids is 1. The van der Waals surface area contributed by atoms with Crippen molar-refractivity contribution in [2.24, 2.45) is 0 Å². The smallest absolute Gasteiger partial charge is 0.224 e. The molecule has 13 heavy (non-hydrogen) atoms. The summed E-state index contributed by atoms with van der Waals surface area (Å²) in [6, 6.07) is 9.49. The number of rotatable bonds is 4. The Morgan fingerprint density at radius 3 is 2.62 bits per heavy atom. The average Bonchev–Trinajstić information content (AvgIpc) is 2.16. The van der Waals surface area contributed by atoms with Gasteiger partial charge in [0.2, 0.25) is 5.91 Å². The highest BCUT2D eigenvalue weighted by molar-refractivity contribution is 9.09. The summed E-state index contributed by atoms with van der Waals surface area (Å²) in [5, 5.41) is 3.69. The fourth-order valence-electron chi connectivity index (χ4n) is 0.972. The maximum Gasteiger partial charge on any atom is 0.224 e. The van der Waals surface area contributed by atoms with E-state index < -0.39 is 0 Å². The highest BCUT2D eigenvalue weighted by Gasteiger charge is 1.99. The predicted molar refractivity (Wildman–Crippen MR) is 58.1 cm³/mol. The molecule has 0 atom stereocenters. The third-order valence-electron chi connectivity index (χ3n) is 1.60. The number of amides is 1. The van der Waals surface area contributed by atoms with E-state index in [0.717, 1.165) is 17.4 Å². The number of nitrogens with one attached hydrogen (secondary N) is 1. The van der Waals surface area contributed by atoms with Crippen LogP contribution in [0.15, 0.2) is 30.3 Å². The number of hydrogen-bond acceptors (Lipinski definition) is 1. The number of halogens is 1. The van der Waals surface area contributed by atoms with Crippen molar-refractivity contribution < 1.29 is 4.79 Å². The van der Waals surface area contributed by atoms with Gasteiger partial charge in [0.1, 0.15) is 0 Å². The van der Waals surface area contributed by atoms with Gasteiger partial charge in [-0.05, 0) is 18.6 Å². The van der Waals surface area contributed by atoms with Crippen molar-refractivity contribution in [3.63, 3.8) is 0 Å². The van der Waals surface area contributed by atoms with Gasteiger partial charge in [0.25, 0.3) is 0 Å². The number of para-hydroxylation sites is 1. The van der Waals surface area contributed by atoms with Crippen LogP contribution in [-0.2, 0) is 4.79 Å². The van der Waals surface area contributed by atoms with Crippen LogP contribution < -0.4 is 5.32 Å². The van der Waals surface area contributed by atoms with Crippen molar-refractivity contribution in [3.8, 4) is 0 Å². The Balaban J connectivity index is 2.37. The molecule has 0 aliphatic rings. The van der Waals surface area contributed by atoms with Crippen molar-refractivity contribution in [3.05, 3.63) is 30.3 Å². The first-order valence-electron chi connectivity index (χ1n) is 4.24. The first kappa shape index (κ1) is 10.3. The van der Waals surface area contributed by atoms with Crippen LogP contribution in [0.2, 0.25) is 0 Å². The third-order valence-corrected chi connectivity index (χ3v) is 2.16. The second-order valence-corrected chi connectivity index (χ2v) is 3.50. The van der Waals surface area contributed by atoms with Gasteiger partial charge >= 0.3 is 0 Å². The summed E-state index contributed by atoms with van der Waals surface area (Å²) in [6.45, 7) is 0. The van der Waals surface area contributed by atoms with Crippen LogP contribution in [-0.4, -0.2) is 11.2 Å². The fourth-order valence-corrected chi connectivity index (χ4v) is 1.25. The van der Waals surface area contributed by atoms with E-state index in [9.17, 15) is 4.79 Å². The molecule has 0 heterocycles. The molecule has 0 aliphatic carbocycles. The third kappa shape index (κ3) is 4.08. The Morgan fingerprint density at radius 2 is 2.00 bits per heavy atom. The van der Waals surface area contributed by atoms with Gasteiger partial charge in [-0.25, -0.2) is 0 Å². The lowest BCUT2D eigenvalue weighted by atomic mass is 10.3. The zero-order chi connectivity index (χ0) is 9.52. The summed E-state index contributed by atoms with van der Waals surface area (Å²) >= 11 is 3.28. The molecule has 0 spiro atoms. The van der Waals surface area contributed by atoms with E-state index in [0.29, 0.717) is 6.42 Å². The van der Waals surface area contributed by atoms with Gasteiger partial charge in [-0.15, -0.1) is 0 Å². The summed E-state index contributed by atoms with van der Waals surface area (Å²) in [5.74, 6) is 0.0747. The molecule has 1 rings (SSSR count). The van der Waals surface area contributed by atoms with Crippen LogP contribution >= 0.6 is 15.9 Å². The number of hydrogen-bond donors (Lipinski definition) is 1. The van der Waals surface area contributed by atoms with E-state index in [4.69, 9.17) is 0 Å². The highest BCUT2D eigenvalue weighted by Crippen LogP contribution is 2.06. The zero-order valence-corrected chi connectivity index (χ0v) is 8.88. The number of benzene rings is 1. The SMILES string of the molecule is O=C(CCCBr)Nc1ccccc1. The first-order chi connectivity index (χ1) is 6.33. The lowest BCUT2D eigenvalue weighted by molar-refractivity contribution is -0.116. The summed E-state index contributed by atoms with van der Waals surface area (Å²) in [6.07, 6.45) is 1.44. The first-order valence-corrected chi connectivity index (χ1v) is 5.36.